The first-order chi connectivity index (χ1) is 11.0. The second kappa shape index (κ2) is 6.07. The minimum absolute atomic E-state index is 0.264. The van der Waals surface area contributed by atoms with Gasteiger partial charge >= 0.3 is 11.6 Å². The van der Waals surface area contributed by atoms with E-state index in [9.17, 15) is 9.59 Å². The Hall–Kier alpha value is -2.30. The number of benzene rings is 1. The molecule has 3 rings (SSSR count). The molecule has 1 aliphatic carbocycles. The highest BCUT2D eigenvalue weighted by Crippen LogP contribution is 2.35. The van der Waals surface area contributed by atoms with Gasteiger partial charge in [0.2, 0.25) is 0 Å². The lowest BCUT2D eigenvalue weighted by atomic mass is 10.0. The lowest BCUT2D eigenvalue weighted by molar-refractivity contribution is -0.150. The molecule has 1 aromatic carbocycles. The quantitative estimate of drug-likeness (QED) is 0.641. The topological polar surface area (TPSA) is 65.7 Å². The molecule has 1 heterocycles. The summed E-state index contributed by atoms with van der Waals surface area (Å²) in [7, 11) is 0. The Morgan fingerprint density at radius 1 is 1.30 bits per heavy atom. The molecule has 122 valence electrons. The molecule has 0 fully saturated rings. The predicted molar refractivity (Wildman–Crippen MR) is 86.0 cm³/mol. The molecule has 0 radical (unpaired) electrons. The Morgan fingerprint density at radius 3 is 2.78 bits per heavy atom. The third-order valence-electron chi connectivity index (χ3n) is 4.10. The summed E-state index contributed by atoms with van der Waals surface area (Å²) < 4.78 is 16.3. The summed E-state index contributed by atoms with van der Waals surface area (Å²) in [5, 5.41) is 0.804. The number of ether oxygens (including phenoxy) is 2. The zero-order chi connectivity index (χ0) is 16.6. The van der Waals surface area contributed by atoms with E-state index in [1.54, 1.807) is 13.8 Å². The van der Waals surface area contributed by atoms with Gasteiger partial charge in [-0.05, 0) is 63.3 Å². The van der Waals surface area contributed by atoms with Crippen molar-refractivity contribution in [1.82, 2.24) is 0 Å². The smallest absolute Gasteiger partial charge is 0.347 e. The van der Waals surface area contributed by atoms with Gasteiger partial charge in [0, 0.05) is 5.56 Å². The van der Waals surface area contributed by atoms with Crippen LogP contribution >= 0.6 is 0 Å². The van der Waals surface area contributed by atoms with E-state index in [-0.39, 0.29) is 5.63 Å². The van der Waals surface area contributed by atoms with Gasteiger partial charge in [0.15, 0.2) is 6.10 Å². The summed E-state index contributed by atoms with van der Waals surface area (Å²) >= 11 is 0. The highest BCUT2D eigenvalue weighted by atomic mass is 16.6. The van der Waals surface area contributed by atoms with Crippen molar-refractivity contribution in [3.8, 4) is 5.75 Å². The fourth-order valence-electron chi connectivity index (χ4n) is 3.10. The average molecular weight is 316 g/mol. The Morgan fingerprint density at radius 2 is 2.04 bits per heavy atom. The van der Waals surface area contributed by atoms with Crippen LogP contribution in [0.15, 0.2) is 21.3 Å². The van der Waals surface area contributed by atoms with E-state index in [4.69, 9.17) is 13.9 Å². The van der Waals surface area contributed by atoms with Gasteiger partial charge < -0.3 is 13.9 Å². The van der Waals surface area contributed by atoms with Gasteiger partial charge in [0.05, 0.1) is 12.0 Å². The molecule has 0 aliphatic heterocycles. The molecule has 0 unspecified atom stereocenters. The lowest BCUT2D eigenvalue weighted by Gasteiger charge is -2.17. The molecule has 1 atom stereocenters. The fourth-order valence-corrected chi connectivity index (χ4v) is 3.10. The van der Waals surface area contributed by atoms with Crippen molar-refractivity contribution in [3.05, 3.63) is 39.2 Å². The number of carbonyl (C=O) groups excluding carboxylic acids is 1. The molecule has 1 aliphatic rings. The van der Waals surface area contributed by atoms with Gasteiger partial charge in [0.25, 0.3) is 0 Å². The van der Waals surface area contributed by atoms with E-state index in [1.807, 2.05) is 19.1 Å². The highest BCUT2D eigenvalue weighted by molar-refractivity contribution is 5.89. The minimum Gasteiger partial charge on any atom is -0.478 e. The van der Waals surface area contributed by atoms with Crippen molar-refractivity contribution in [2.45, 2.75) is 46.1 Å². The number of fused-ring (bicyclic) bond motifs is 3. The standard InChI is InChI=1S/C18H20O5/c1-4-21-17(19)11(3)22-14-8-10(2)9-15-16(14)12-6-5-7-13(12)18(20)23-15/h8-9,11H,4-7H2,1-3H3/t11-/m0/s1. The Kier molecular flexibility index (Phi) is 4.11. The van der Waals surface area contributed by atoms with E-state index < -0.39 is 12.1 Å². The summed E-state index contributed by atoms with van der Waals surface area (Å²) in [5.41, 5.74) is 2.88. The normalized spacial score (nSPS) is 14.6. The van der Waals surface area contributed by atoms with Gasteiger partial charge in [0.1, 0.15) is 11.3 Å². The van der Waals surface area contributed by atoms with Crippen molar-refractivity contribution in [1.29, 1.82) is 0 Å². The van der Waals surface area contributed by atoms with Crippen molar-refractivity contribution in [3.63, 3.8) is 0 Å². The molecular weight excluding hydrogens is 296 g/mol. The molecule has 0 saturated heterocycles. The molecule has 0 N–H and O–H groups in total. The van der Waals surface area contributed by atoms with Gasteiger partial charge in [-0.3, -0.25) is 0 Å². The summed E-state index contributed by atoms with van der Waals surface area (Å²) in [4.78, 5) is 23.9. The summed E-state index contributed by atoms with van der Waals surface area (Å²) in [6.45, 7) is 5.62. The number of hydrogen-bond donors (Lipinski definition) is 0. The fraction of sp³-hybridized carbons (Fsp3) is 0.444. The molecule has 0 spiro atoms. The van der Waals surface area contributed by atoms with Crippen LogP contribution in [-0.2, 0) is 22.4 Å². The first-order valence-electron chi connectivity index (χ1n) is 7.93. The lowest BCUT2D eigenvalue weighted by Crippen LogP contribution is -2.26. The number of hydrogen-bond acceptors (Lipinski definition) is 5. The highest BCUT2D eigenvalue weighted by Gasteiger charge is 2.24. The van der Waals surface area contributed by atoms with Crippen molar-refractivity contribution < 1.29 is 18.7 Å². The van der Waals surface area contributed by atoms with Crippen molar-refractivity contribution in [2.24, 2.45) is 0 Å². The van der Waals surface area contributed by atoms with Gasteiger partial charge in [-0.2, -0.15) is 0 Å². The predicted octanol–water partition coefficient (Wildman–Crippen LogP) is 2.92. The van der Waals surface area contributed by atoms with E-state index in [0.29, 0.717) is 17.9 Å². The Bertz CT molecular complexity index is 818. The molecule has 1 aromatic heterocycles. The van der Waals surface area contributed by atoms with Gasteiger partial charge in [-0.25, -0.2) is 9.59 Å². The average Bonchev–Trinajstić information content (AvgIpc) is 2.96. The van der Waals surface area contributed by atoms with Crippen LogP contribution in [0.3, 0.4) is 0 Å². The van der Waals surface area contributed by atoms with Crippen molar-refractivity contribution >= 4 is 16.9 Å². The van der Waals surface area contributed by atoms with Crippen LogP contribution in [0.4, 0.5) is 0 Å². The molecule has 0 saturated carbocycles. The SMILES string of the molecule is CCOC(=O)[C@H](C)Oc1cc(C)cc2oc(=O)c3c(c12)CCC3. The van der Waals surface area contributed by atoms with E-state index in [2.05, 4.69) is 0 Å². The second-order valence-corrected chi connectivity index (χ2v) is 5.85. The molecule has 2 aromatic rings. The molecule has 0 amide bonds. The van der Waals surface area contributed by atoms with Crippen molar-refractivity contribution in [2.75, 3.05) is 6.61 Å². The number of esters is 1. The number of aryl methyl sites for hydroxylation is 2. The molecule has 5 nitrogen and oxygen atoms in total. The largest absolute Gasteiger partial charge is 0.478 e. The van der Waals surface area contributed by atoms with Crippen LogP contribution in [0.1, 0.15) is 37.0 Å². The first-order valence-corrected chi connectivity index (χ1v) is 7.93. The third kappa shape index (κ3) is 2.83. The molecule has 0 bridgehead atoms. The maximum atomic E-state index is 12.1. The summed E-state index contributed by atoms with van der Waals surface area (Å²) in [5.74, 6) is 0.165. The molecule has 5 heteroatoms. The van der Waals surface area contributed by atoms with E-state index in [1.165, 1.54) is 0 Å². The second-order valence-electron chi connectivity index (χ2n) is 5.85. The molecule has 23 heavy (non-hydrogen) atoms. The van der Waals surface area contributed by atoms with Crippen LogP contribution in [-0.4, -0.2) is 18.7 Å². The maximum absolute atomic E-state index is 12.1. The maximum Gasteiger partial charge on any atom is 0.347 e. The molecular formula is C18H20O5. The summed E-state index contributed by atoms with van der Waals surface area (Å²) in [6, 6.07) is 3.70. The zero-order valence-corrected chi connectivity index (χ0v) is 13.6. The zero-order valence-electron chi connectivity index (χ0n) is 13.6. The van der Waals surface area contributed by atoms with E-state index in [0.717, 1.165) is 41.3 Å². The van der Waals surface area contributed by atoms with Crippen LogP contribution in [0.2, 0.25) is 0 Å². The van der Waals surface area contributed by atoms with Crippen LogP contribution in [0, 0.1) is 6.92 Å². The Balaban J connectivity index is 2.11. The minimum atomic E-state index is -0.719. The van der Waals surface area contributed by atoms with Crippen LogP contribution < -0.4 is 10.4 Å². The van der Waals surface area contributed by atoms with E-state index >= 15 is 0 Å². The third-order valence-corrected chi connectivity index (χ3v) is 4.10. The number of carbonyl (C=O) groups is 1. The monoisotopic (exact) mass is 316 g/mol. The van der Waals surface area contributed by atoms with Crippen LogP contribution in [0.25, 0.3) is 11.0 Å². The first kappa shape index (κ1) is 15.6. The van der Waals surface area contributed by atoms with Gasteiger partial charge in [-0.15, -0.1) is 0 Å². The number of rotatable bonds is 4. The van der Waals surface area contributed by atoms with Crippen LogP contribution in [0.5, 0.6) is 5.75 Å². The summed E-state index contributed by atoms with van der Waals surface area (Å²) in [6.07, 6.45) is 1.77. The van der Waals surface area contributed by atoms with Gasteiger partial charge in [-0.1, -0.05) is 0 Å². The Labute approximate surface area is 134 Å².